The van der Waals surface area contributed by atoms with Gasteiger partial charge in [-0.3, -0.25) is 19.3 Å². The number of rotatable bonds is 5. The number of nitrogens with zero attached hydrogens (tertiary/aromatic N) is 3. The minimum Gasteiger partial charge on any atom is -0.343 e. The number of urea groups is 1. The molecular weight excluding hydrogens is 396 g/mol. The highest BCUT2D eigenvalue weighted by molar-refractivity contribution is 6.07. The third kappa shape index (κ3) is 4.72. The first-order valence-electron chi connectivity index (χ1n) is 12.2. The molecule has 8 nitrogen and oxygen atoms in total. The molecule has 4 aliphatic rings. The molecule has 3 heterocycles. The highest BCUT2D eigenvalue weighted by Crippen LogP contribution is 2.35. The van der Waals surface area contributed by atoms with Gasteiger partial charge in [-0.2, -0.15) is 0 Å². The Balaban J connectivity index is 1.19. The fourth-order valence-electron chi connectivity index (χ4n) is 5.67. The van der Waals surface area contributed by atoms with Gasteiger partial charge < -0.3 is 15.1 Å². The van der Waals surface area contributed by atoms with Crippen LogP contribution in [0.5, 0.6) is 0 Å². The summed E-state index contributed by atoms with van der Waals surface area (Å²) in [7, 11) is 0. The van der Waals surface area contributed by atoms with Crippen molar-refractivity contribution in [2.45, 2.75) is 82.6 Å². The first-order valence-corrected chi connectivity index (χ1v) is 12.2. The Bertz CT molecular complexity index is 702. The van der Waals surface area contributed by atoms with E-state index in [0.29, 0.717) is 32.5 Å². The van der Waals surface area contributed by atoms with Crippen molar-refractivity contribution in [2.24, 2.45) is 5.92 Å². The van der Waals surface area contributed by atoms with Crippen molar-refractivity contribution in [1.29, 1.82) is 0 Å². The van der Waals surface area contributed by atoms with Crippen LogP contribution >= 0.6 is 0 Å². The molecule has 1 saturated carbocycles. The van der Waals surface area contributed by atoms with E-state index in [1.807, 2.05) is 9.80 Å². The molecule has 0 aromatic rings. The van der Waals surface area contributed by atoms with E-state index >= 15 is 0 Å². The molecule has 8 heteroatoms. The summed E-state index contributed by atoms with van der Waals surface area (Å²) in [5.41, 5.74) is -0.678. The molecule has 3 aliphatic heterocycles. The average Bonchev–Trinajstić information content (AvgIpc) is 3.20. The Morgan fingerprint density at radius 3 is 2.16 bits per heavy atom. The monoisotopic (exact) mass is 432 g/mol. The predicted molar refractivity (Wildman–Crippen MR) is 115 cm³/mol. The smallest absolute Gasteiger partial charge is 0.325 e. The van der Waals surface area contributed by atoms with Crippen molar-refractivity contribution in [3.05, 3.63) is 0 Å². The zero-order valence-electron chi connectivity index (χ0n) is 18.6. The molecule has 172 valence electrons. The number of hydrogen-bond acceptors (Lipinski definition) is 4. The van der Waals surface area contributed by atoms with Gasteiger partial charge in [0, 0.05) is 45.1 Å². The van der Waals surface area contributed by atoms with Crippen molar-refractivity contribution in [1.82, 2.24) is 20.0 Å². The van der Waals surface area contributed by atoms with Gasteiger partial charge in [0.2, 0.25) is 11.8 Å². The van der Waals surface area contributed by atoms with Gasteiger partial charge in [-0.15, -0.1) is 0 Å². The number of carbonyl (C=O) groups is 4. The van der Waals surface area contributed by atoms with Gasteiger partial charge in [0.15, 0.2) is 0 Å². The summed E-state index contributed by atoms with van der Waals surface area (Å²) in [4.78, 5) is 55.5. The number of likely N-dealkylation sites (tertiary alicyclic amines) is 2. The molecule has 0 radical (unpaired) electrons. The topological polar surface area (TPSA) is 90.0 Å². The molecule has 4 rings (SSSR count). The van der Waals surface area contributed by atoms with Crippen molar-refractivity contribution in [3.63, 3.8) is 0 Å². The molecule has 0 aromatic heterocycles. The number of carbonyl (C=O) groups excluding carboxylic acids is 4. The maximum absolute atomic E-state index is 12.8. The van der Waals surface area contributed by atoms with E-state index in [-0.39, 0.29) is 29.7 Å². The molecule has 4 fully saturated rings. The van der Waals surface area contributed by atoms with Gasteiger partial charge in [0.25, 0.3) is 5.91 Å². The standard InChI is InChI=1S/C23H36N4O4/c28-19(8-7-15-27-21(30)23(24-22(27)31)11-3-4-12-23)25-16-9-18(10-17-25)20(29)26-13-5-1-2-6-14-26/h18H,1-17H2,(H,24,31). The second-order valence-corrected chi connectivity index (χ2v) is 9.67. The molecule has 1 spiro atoms. The zero-order chi connectivity index (χ0) is 21.8. The normalized spacial score (nSPS) is 24.6. The summed E-state index contributed by atoms with van der Waals surface area (Å²) >= 11 is 0. The van der Waals surface area contributed by atoms with E-state index in [0.717, 1.165) is 64.5 Å². The van der Waals surface area contributed by atoms with Crippen LogP contribution in [0, 0.1) is 5.92 Å². The summed E-state index contributed by atoms with van der Waals surface area (Å²) in [6, 6.07) is -0.313. The summed E-state index contributed by atoms with van der Waals surface area (Å²) in [6.07, 6.45) is 10.3. The maximum Gasteiger partial charge on any atom is 0.325 e. The van der Waals surface area contributed by atoms with Crippen LogP contribution in [0.4, 0.5) is 4.79 Å². The number of hydrogen-bond donors (Lipinski definition) is 1. The van der Waals surface area contributed by atoms with Crippen LogP contribution in [0.25, 0.3) is 0 Å². The molecule has 0 atom stereocenters. The zero-order valence-corrected chi connectivity index (χ0v) is 18.6. The van der Waals surface area contributed by atoms with Gasteiger partial charge in [-0.25, -0.2) is 4.79 Å². The fourth-order valence-corrected chi connectivity index (χ4v) is 5.67. The SMILES string of the molecule is O=C(CCCN1C(=O)NC2(CCCC2)C1=O)N1CCC(C(=O)N2CCCCCC2)CC1. The minimum atomic E-state index is -0.678. The Kier molecular flexibility index (Phi) is 6.82. The van der Waals surface area contributed by atoms with Crippen molar-refractivity contribution >= 4 is 23.8 Å². The molecule has 1 N–H and O–H groups in total. The van der Waals surface area contributed by atoms with E-state index in [1.54, 1.807) is 0 Å². The lowest BCUT2D eigenvalue weighted by Crippen LogP contribution is -2.45. The highest BCUT2D eigenvalue weighted by atomic mass is 16.2. The summed E-state index contributed by atoms with van der Waals surface area (Å²) in [5.74, 6) is 0.252. The predicted octanol–water partition coefficient (Wildman–Crippen LogP) is 2.27. The highest BCUT2D eigenvalue weighted by Gasteiger charge is 2.52. The van der Waals surface area contributed by atoms with E-state index in [2.05, 4.69) is 5.32 Å². The number of amides is 5. The molecule has 31 heavy (non-hydrogen) atoms. The average molecular weight is 433 g/mol. The largest absolute Gasteiger partial charge is 0.343 e. The molecule has 0 bridgehead atoms. The van der Waals surface area contributed by atoms with Crippen LogP contribution in [0.3, 0.4) is 0 Å². The fraction of sp³-hybridized carbons (Fsp3) is 0.826. The lowest BCUT2D eigenvalue weighted by molar-refractivity contribution is -0.140. The van der Waals surface area contributed by atoms with Gasteiger partial charge in [0.1, 0.15) is 5.54 Å². The van der Waals surface area contributed by atoms with Crippen molar-refractivity contribution < 1.29 is 19.2 Å². The van der Waals surface area contributed by atoms with Gasteiger partial charge in [0.05, 0.1) is 0 Å². The van der Waals surface area contributed by atoms with E-state index < -0.39 is 5.54 Å². The van der Waals surface area contributed by atoms with Crippen molar-refractivity contribution in [2.75, 3.05) is 32.7 Å². The molecule has 0 aromatic carbocycles. The summed E-state index contributed by atoms with van der Waals surface area (Å²) in [5, 5.41) is 2.88. The molecule has 3 saturated heterocycles. The number of nitrogens with one attached hydrogen (secondary N) is 1. The summed E-state index contributed by atoms with van der Waals surface area (Å²) in [6.45, 7) is 3.29. The molecule has 1 aliphatic carbocycles. The Labute approximate surface area is 184 Å². The van der Waals surface area contributed by atoms with Crippen LogP contribution in [0.1, 0.15) is 77.0 Å². The Hall–Kier alpha value is -2.12. The second kappa shape index (κ2) is 9.57. The second-order valence-electron chi connectivity index (χ2n) is 9.67. The maximum atomic E-state index is 12.8. The van der Waals surface area contributed by atoms with E-state index in [1.165, 1.54) is 17.7 Å². The van der Waals surface area contributed by atoms with Crippen LogP contribution in [-0.2, 0) is 14.4 Å². The van der Waals surface area contributed by atoms with Crippen LogP contribution < -0.4 is 5.32 Å². The first kappa shape index (κ1) is 22.1. The minimum absolute atomic E-state index is 0.0377. The van der Waals surface area contributed by atoms with Gasteiger partial charge >= 0.3 is 6.03 Å². The number of piperidine rings is 1. The van der Waals surface area contributed by atoms with Gasteiger partial charge in [-0.1, -0.05) is 25.7 Å². The van der Waals surface area contributed by atoms with Gasteiger partial charge in [-0.05, 0) is 44.9 Å². The Morgan fingerprint density at radius 2 is 1.52 bits per heavy atom. The van der Waals surface area contributed by atoms with Crippen LogP contribution in [0.15, 0.2) is 0 Å². The number of imide groups is 1. The molecule has 0 unspecified atom stereocenters. The van der Waals surface area contributed by atoms with E-state index in [4.69, 9.17) is 0 Å². The summed E-state index contributed by atoms with van der Waals surface area (Å²) < 4.78 is 0. The first-order chi connectivity index (χ1) is 15.0. The lowest BCUT2D eigenvalue weighted by atomic mass is 9.94. The third-order valence-corrected chi connectivity index (χ3v) is 7.59. The van der Waals surface area contributed by atoms with Crippen molar-refractivity contribution in [3.8, 4) is 0 Å². The Morgan fingerprint density at radius 1 is 0.871 bits per heavy atom. The van der Waals surface area contributed by atoms with Crippen LogP contribution in [-0.4, -0.2) is 76.7 Å². The quantitative estimate of drug-likeness (QED) is 0.675. The van der Waals surface area contributed by atoms with Crippen LogP contribution in [0.2, 0.25) is 0 Å². The molecule has 5 amide bonds. The third-order valence-electron chi connectivity index (χ3n) is 7.59. The lowest BCUT2D eigenvalue weighted by Gasteiger charge is -2.34. The molecular formula is C23H36N4O4. The van der Waals surface area contributed by atoms with E-state index in [9.17, 15) is 19.2 Å².